The third-order valence-electron chi connectivity index (χ3n) is 12.4. The summed E-state index contributed by atoms with van der Waals surface area (Å²) in [6.45, 7) is 12.1. The Kier molecular flexibility index (Phi) is 12.2. The topological polar surface area (TPSA) is 196 Å². The van der Waals surface area contributed by atoms with E-state index in [4.69, 9.17) is 16.6 Å². The number of benzene rings is 4. The van der Waals surface area contributed by atoms with E-state index in [1.807, 2.05) is 73.9 Å². The molecule has 17 heteroatoms. The molecule has 7 aromatic rings. The van der Waals surface area contributed by atoms with E-state index in [0.717, 1.165) is 51.9 Å². The average molecular weight is 926 g/mol. The molecule has 2 aliphatic rings. The molecule has 0 aliphatic carbocycles. The molecule has 0 bridgehead atoms. The first-order valence-corrected chi connectivity index (χ1v) is 23.0. The number of phenolic OH excluding ortho intramolecular Hbond substituents is 2. The van der Waals surface area contributed by atoms with Crippen LogP contribution in [0, 0.1) is 26.7 Å². The van der Waals surface area contributed by atoms with Crippen LogP contribution in [0.2, 0.25) is 5.02 Å². The zero-order chi connectivity index (χ0) is 46.4. The Labute approximate surface area is 390 Å². The molecule has 5 heterocycles. The van der Waals surface area contributed by atoms with Gasteiger partial charge in [0.15, 0.2) is 11.6 Å². The van der Waals surface area contributed by atoms with Crippen LogP contribution < -0.4 is 10.6 Å². The molecule has 0 radical (unpaired) electrons. The number of hydrogen-bond donors (Lipinski definition) is 5. The van der Waals surface area contributed by atoms with Crippen molar-refractivity contribution in [1.29, 1.82) is 0 Å². The second-order valence-corrected chi connectivity index (χ2v) is 18.8. The number of rotatable bonds is 11. The van der Waals surface area contributed by atoms with Crippen LogP contribution in [0.5, 0.6) is 17.5 Å². The van der Waals surface area contributed by atoms with E-state index in [9.17, 15) is 24.9 Å². The van der Waals surface area contributed by atoms with Crippen molar-refractivity contribution in [2.24, 2.45) is 10.9 Å². The van der Waals surface area contributed by atoms with Gasteiger partial charge in [0.05, 0.1) is 23.4 Å². The molecule has 2 amide bonds. The van der Waals surface area contributed by atoms with Crippen LogP contribution in [-0.2, 0) is 16.1 Å². The third kappa shape index (κ3) is 8.78. The largest absolute Gasteiger partial charge is 0.508 e. The molecule has 0 spiro atoms. The van der Waals surface area contributed by atoms with Crippen molar-refractivity contribution in [3.63, 3.8) is 0 Å². The lowest BCUT2D eigenvalue weighted by Gasteiger charge is -2.31. The summed E-state index contributed by atoms with van der Waals surface area (Å²) in [6, 6.07) is 24.4. The van der Waals surface area contributed by atoms with E-state index in [1.165, 1.54) is 15.5 Å². The highest BCUT2D eigenvalue weighted by molar-refractivity contribution is 7.15. The number of anilines is 2. The first-order chi connectivity index (χ1) is 31.7. The van der Waals surface area contributed by atoms with Gasteiger partial charge in [0, 0.05) is 50.9 Å². The van der Waals surface area contributed by atoms with Gasteiger partial charge in [-0.05, 0) is 124 Å². The maximum atomic E-state index is 13.7. The quantitative estimate of drug-likeness (QED) is 0.0835. The van der Waals surface area contributed by atoms with Gasteiger partial charge < -0.3 is 26.0 Å². The Morgan fingerprint density at radius 1 is 0.818 bits per heavy atom. The zero-order valence-corrected chi connectivity index (χ0v) is 38.7. The molecule has 0 saturated carbocycles. The van der Waals surface area contributed by atoms with Crippen LogP contribution in [0.25, 0.3) is 22.1 Å². The number of likely N-dealkylation sites (tertiary alicyclic amines) is 1. The van der Waals surface area contributed by atoms with Crippen LogP contribution in [0.3, 0.4) is 0 Å². The number of carbonyl (C=O) groups excluding carboxylic acids is 2. The lowest BCUT2D eigenvalue weighted by Crippen LogP contribution is -2.37. The number of thiophene rings is 1. The number of aromatic hydroxyl groups is 3. The predicted octanol–water partition coefficient (Wildman–Crippen LogP) is 9.17. The van der Waals surface area contributed by atoms with E-state index >= 15 is 0 Å². The first kappa shape index (κ1) is 44.3. The van der Waals surface area contributed by atoms with Crippen LogP contribution in [-0.4, -0.2) is 80.4 Å². The Morgan fingerprint density at radius 2 is 1.50 bits per heavy atom. The van der Waals surface area contributed by atoms with Crippen molar-refractivity contribution >= 4 is 51.8 Å². The summed E-state index contributed by atoms with van der Waals surface area (Å²) >= 11 is 7.92. The molecule has 338 valence electrons. The molecular weight excluding hydrogens is 876 g/mol. The molecule has 66 heavy (non-hydrogen) atoms. The number of hydrogen-bond acceptors (Lipinski definition) is 12. The Hall–Kier alpha value is -6.88. The standard InChI is InChI=1S/C49H49ClN10O5S/c1-26(2)37-22-38(41(62)24-40(37)61)45-55-57-49(65)60(45)36-16-6-30(7-17-36)25-58-20-18-32(19-21-58)47(64)52-35-14-12-34(13-15-35)51-42(63)23-39-46-56-54-29(5)59(46)48-43(27(3)28(4)66-48)44(53-39)31-8-10-33(50)11-9-31/h6-17,22,24,26,32,39,61-62H,18-21,23,25H2,1-5H3,(H,51,63)(H,52,64)(H,57,65)/t39-/m0/s1. The minimum atomic E-state index is -0.606. The summed E-state index contributed by atoms with van der Waals surface area (Å²) in [4.78, 5) is 35.7. The zero-order valence-electron chi connectivity index (χ0n) is 37.1. The molecule has 1 atom stereocenters. The Morgan fingerprint density at radius 3 is 2.18 bits per heavy atom. The number of nitrogens with zero attached hydrogens (tertiary/aromatic N) is 8. The number of halogens is 1. The van der Waals surface area contributed by atoms with Crippen molar-refractivity contribution in [1.82, 2.24) is 34.4 Å². The van der Waals surface area contributed by atoms with Crippen LogP contribution in [0.15, 0.2) is 89.9 Å². The van der Waals surface area contributed by atoms with Crippen LogP contribution in [0.4, 0.5) is 11.4 Å². The summed E-state index contributed by atoms with van der Waals surface area (Å²) in [5.41, 5.74) is 7.67. The monoisotopic (exact) mass is 924 g/mol. The van der Waals surface area contributed by atoms with Gasteiger partial charge in [-0.25, -0.2) is 4.57 Å². The molecule has 3 aromatic heterocycles. The minimum Gasteiger partial charge on any atom is -0.508 e. The van der Waals surface area contributed by atoms with Crippen molar-refractivity contribution < 1.29 is 24.9 Å². The molecular formula is C49H49ClN10O5S. The molecule has 0 unspecified atom stereocenters. The van der Waals surface area contributed by atoms with Crippen molar-refractivity contribution in [3.8, 4) is 39.6 Å². The highest BCUT2D eigenvalue weighted by Gasteiger charge is 2.33. The summed E-state index contributed by atoms with van der Waals surface area (Å²) in [7, 11) is 0. The van der Waals surface area contributed by atoms with Crippen LogP contribution >= 0.6 is 22.9 Å². The number of fused-ring (bicyclic) bond motifs is 3. The molecule has 15 nitrogen and oxygen atoms in total. The van der Waals surface area contributed by atoms with Gasteiger partial charge in [-0.1, -0.05) is 54.8 Å². The smallest absolute Gasteiger partial charge is 0.319 e. The van der Waals surface area contributed by atoms with Gasteiger partial charge >= 0.3 is 6.01 Å². The molecule has 2 aliphatic heterocycles. The summed E-state index contributed by atoms with van der Waals surface area (Å²) in [5.74, 6) is 0.944. The van der Waals surface area contributed by atoms with E-state index < -0.39 is 6.04 Å². The van der Waals surface area contributed by atoms with Gasteiger partial charge in [0.25, 0.3) is 0 Å². The van der Waals surface area contributed by atoms with Crippen molar-refractivity contribution in [2.45, 2.75) is 72.4 Å². The highest BCUT2D eigenvalue weighted by Crippen LogP contribution is 2.41. The number of piperidine rings is 1. The SMILES string of the molecule is Cc1sc2c(c1C)C(c1ccc(Cl)cc1)=N[C@@H](CC(=O)Nc1ccc(NC(=O)C3CCN(Cc4ccc(-n5c(O)nnc5-c5cc(C(C)C)c(O)cc5O)cc4)CC3)cc1)c1nnc(C)n1-2. The highest BCUT2D eigenvalue weighted by atomic mass is 35.5. The number of aliphatic imine (C=N–C) groups is 1. The second kappa shape index (κ2) is 18.2. The number of aryl methyl sites for hydroxylation is 2. The Balaban J connectivity index is 0.796. The summed E-state index contributed by atoms with van der Waals surface area (Å²) < 4.78 is 3.48. The second-order valence-electron chi connectivity index (χ2n) is 17.2. The number of amides is 2. The van der Waals surface area contributed by atoms with Gasteiger partial charge in [-0.2, -0.15) is 0 Å². The average Bonchev–Trinajstić information content (AvgIpc) is 3.93. The third-order valence-corrected chi connectivity index (χ3v) is 13.8. The lowest BCUT2D eigenvalue weighted by atomic mass is 9.95. The maximum Gasteiger partial charge on any atom is 0.319 e. The van der Waals surface area contributed by atoms with E-state index in [0.29, 0.717) is 58.4 Å². The molecule has 4 aromatic carbocycles. The van der Waals surface area contributed by atoms with Crippen LogP contribution in [0.1, 0.15) is 89.4 Å². The van der Waals surface area contributed by atoms with Gasteiger partial charge in [0.2, 0.25) is 11.8 Å². The number of carbonyl (C=O) groups is 2. The van der Waals surface area contributed by atoms with Crippen molar-refractivity contribution in [3.05, 3.63) is 134 Å². The predicted molar refractivity (Wildman–Crippen MR) is 255 cm³/mol. The summed E-state index contributed by atoms with van der Waals surface area (Å²) in [5, 5.41) is 56.2. The maximum absolute atomic E-state index is 13.7. The fourth-order valence-electron chi connectivity index (χ4n) is 8.69. The number of nitrogens with one attached hydrogen (secondary N) is 2. The first-order valence-electron chi connectivity index (χ1n) is 21.8. The number of aromatic nitrogens is 6. The van der Waals surface area contributed by atoms with E-state index in [-0.39, 0.29) is 53.4 Å². The lowest BCUT2D eigenvalue weighted by molar-refractivity contribution is -0.121. The fraction of sp³-hybridized carbons (Fsp3) is 0.286. The Bertz CT molecular complexity index is 2990. The van der Waals surface area contributed by atoms with Gasteiger partial charge in [0.1, 0.15) is 28.4 Å². The molecule has 9 rings (SSSR count). The van der Waals surface area contributed by atoms with Gasteiger partial charge in [-0.15, -0.1) is 26.6 Å². The number of phenols is 2. The van der Waals surface area contributed by atoms with Crippen molar-refractivity contribution in [2.75, 3.05) is 23.7 Å². The van der Waals surface area contributed by atoms with Gasteiger partial charge in [-0.3, -0.25) is 24.0 Å². The molecule has 1 saturated heterocycles. The molecule has 1 fully saturated rings. The fourth-order valence-corrected chi connectivity index (χ4v) is 10.0. The van der Waals surface area contributed by atoms with E-state index in [1.54, 1.807) is 41.7 Å². The van der Waals surface area contributed by atoms with E-state index in [2.05, 4.69) is 49.8 Å². The molecule has 5 N–H and O–H groups in total. The minimum absolute atomic E-state index is 0.00765. The summed E-state index contributed by atoms with van der Waals surface area (Å²) in [6.07, 6.45) is 1.44. The normalized spacial score (nSPS) is 15.3.